The largest absolute Gasteiger partial charge is 0.487 e. The van der Waals surface area contributed by atoms with Crippen LogP contribution in [0.4, 0.5) is 11.4 Å². The Kier molecular flexibility index (Phi) is 4.13. The Balaban J connectivity index is 1.15. The summed E-state index contributed by atoms with van der Waals surface area (Å²) in [5, 5.41) is 0. The number of pyridine rings is 1. The second-order valence-electron chi connectivity index (χ2n) is 8.61. The number of likely N-dealkylation sites (N-methyl/N-ethyl adjacent to an activating group) is 1. The molecule has 4 aliphatic heterocycles. The zero-order valence-electron chi connectivity index (χ0n) is 17.2. The molecule has 4 aliphatic rings. The maximum atomic E-state index is 12.5. The summed E-state index contributed by atoms with van der Waals surface area (Å²) in [6, 6.07) is 8.83. The monoisotopic (exact) mass is 406 g/mol. The molecule has 2 aromatic rings. The average molecular weight is 406 g/mol. The second kappa shape index (κ2) is 6.87. The molecule has 0 unspecified atom stereocenters. The van der Waals surface area contributed by atoms with E-state index in [9.17, 15) is 4.79 Å². The van der Waals surface area contributed by atoms with E-state index >= 15 is 0 Å². The van der Waals surface area contributed by atoms with Gasteiger partial charge in [0.1, 0.15) is 6.61 Å². The van der Waals surface area contributed by atoms with Gasteiger partial charge >= 0.3 is 0 Å². The number of carbonyl (C=O) groups is 1. The summed E-state index contributed by atoms with van der Waals surface area (Å²) in [5.74, 6) is 2.06. The van der Waals surface area contributed by atoms with E-state index in [0.29, 0.717) is 37.6 Å². The summed E-state index contributed by atoms with van der Waals surface area (Å²) in [6.07, 6.45) is 3.80. The van der Waals surface area contributed by atoms with Crippen molar-refractivity contribution in [3.05, 3.63) is 41.6 Å². The van der Waals surface area contributed by atoms with Crippen LogP contribution in [0.2, 0.25) is 0 Å². The van der Waals surface area contributed by atoms with Crippen molar-refractivity contribution in [3.63, 3.8) is 0 Å². The highest BCUT2D eigenvalue weighted by Gasteiger charge is 2.46. The quantitative estimate of drug-likeness (QED) is 0.775. The van der Waals surface area contributed by atoms with E-state index in [2.05, 4.69) is 33.0 Å². The molecule has 7 nitrogen and oxygen atoms in total. The fourth-order valence-corrected chi connectivity index (χ4v) is 5.52. The van der Waals surface area contributed by atoms with Gasteiger partial charge in [-0.1, -0.05) is 12.1 Å². The van der Waals surface area contributed by atoms with Gasteiger partial charge in [0, 0.05) is 56.8 Å². The third-order valence-electron chi connectivity index (χ3n) is 7.05. The summed E-state index contributed by atoms with van der Waals surface area (Å²) in [5.41, 5.74) is 4.90. The smallest absolute Gasteiger partial charge is 0.257 e. The fourth-order valence-electron chi connectivity index (χ4n) is 5.52. The van der Waals surface area contributed by atoms with E-state index in [4.69, 9.17) is 9.47 Å². The van der Waals surface area contributed by atoms with Gasteiger partial charge in [-0.2, -0.15) is 0 Å². The lowest BCUT2D eigenvalue weighted by Gasteiger charge is -2.40. The Morgan fingerprint density at radius 2 is 2.23 bits per heavy atom. The van der Waals surface area contributed by atoms with Crippen molar-refractivity contribution in [1.82, 2.24) is 9.88 Å². The number of hydrogen-bond acceptors (Lipinski definition) is 6. The average Bonchev–Trinajstić information content (AvgIpc) is 3.36. The Bertz CT molecular complexity index is 1010. The van der Waals surface area contributed by atoms with Crippen LogP contribution >= 0.6 is 0 Å². The molecule has 30 heavy (non-hydrogen) atoms. The maximum absolute atomic E-state index is 12.5. The minimum absolute atomic E-state index is 0.182. The van der Waals surface area contributed by atoms with Gasteiger partial charge in [-0.3, -0.25) is 9.69 Å². The number of hydrogen-bond donors (Lipinski definition) is 0. The minimum atomic E-state index is 0.182. The lowest BCUT2D eigenvalue weighted by atomic mass is 9.89. The first kappa shape index (κ1) is 18.0. The molecule has 156 valence electrons. The Morgan fingerprint density at radius 1 is 1.30 bits per heavy atom. The van der Waals surface area contributed by atoms with Gasteiger partial charge in [-0.15, -0.1) is 0 Å². The molecule has 5 heterocycles. The molecule has 0 radical (unpaired) electrons. The van der Waals surface area contributed by atoms with Crippen LogP contribution in [-0.4, -0.2) is 68.3 Å². The number of aromatic nitrogens is 1. The number of benzene rings is 1. The number of carbonyl (C=O) groups excluding carboxylic acids is 1. The van der Waals surface area contributed by atoms with Gasteiger partial charge in [0.15, 0.2) is 5.75 Å². The SMILES string of the molecule is CN1C(=O)CN2c3c(cccc31)[C@@H]1CN(CCOc3nccc4c3OCC4)CC[C@@H]12. The van der Waals surface area contributed by atoms with Crippen LogP contribution in [0.25, 0.3) is 0 Å². The molecule has 0 spiro atoms. The highest BCUT2D eigenvalue weighted by molar-refractivity contribution is 6.04. The molecule has 0 saturated carbocycles. The van der Waals surface area contributed by atoms with Crippen molar-refractivity contribution in [2.75, 3.05) is 56.2 Å². The van der Waals surface area contributed by atoms with E-state index in [-0.39, 0.29) is 5.91 Å². The predicted molar refractivity (Wildman–Crippen MR) is 114 cm³/mol. The van der Waals surface area contributed by atoms with Crippen LogP contribution in [-0.2, 0) is 11.2 Å². The number of fused-ring (bicyclic) bond motifs is 4. The Hall–Kier alpha value is -2.80. The van der Waals surface area contributed by atoms with Gasteiger partial charge in [0.25, 0.3) is 5.88 Å². The second-order valence-corrected chi connectivity index (χ2v) is 8.61. The first-order valence-electron chi connectivity index (χ1n) is 10.8. The number of piperidine rings is 1. The number of rotatable bonds is 4. The predicted octanol–water partition coefficient (Wildman–Crippen LogP) is 2.05. The Labute approximate surface area is 176 Å². The summed E-state index contributed by atoms with van der Waals surface area (Å²) in [7, 11) is 1.89. The van der Waals surface area contributed by atoms with Crippen molar-refractivity contribution >= 4 is 17.3 Å². The molecule has 0 aliphatic carbocycles. The lowest BCUT2D eigenvalue weighted by molar-refractivity contribution is -0.117. The van der Waals surface area contributed by atoms with Gasteiger partial charge in [0.2, 0.25) is 5.91 Å². The molecule has 6 rings (SSSR count). The van der Waals surface area contributed by atoms with Crippen molar-refractivity contribution in [2.24, 2.45) is 0 Å². The van der Waals surface area contributed by atoms with Crippen molar-refractivity contribution < 1.29 is 14.3 Å². The molecule has 1 aromatic carbocycles. The van der Waals surface area contributed by atoms with E-state index in [1.165, 1.54) is 16.8 Å². The van der Waals surface area contributed by atoms with Crippen LogP contribution in [0.5, 0.6) is 11.6 Å². The zero-order chi connectivity index (χ0) is 20.2. The lowest BCUT2D eigenvalue weighted by Crippen LogP contribution is -2.51. The molecule has 0 N–H and O–H groups in total. The van der Waals surface area contributed by atoms with Crippen LogP contribution in [0.1, 0.15) is 23.5 Å². The molecule has 0 bridgehead atoms. The summed E-state index contributed by atoms with van der Waals surface area (Å²) in [6.45, 7) is 4.68. The van der Waals surface area contributed by atoms with Crippen LogP contribution in [0.15, 0.2) is 30.5 Å². The molecule has 1 saturated heterocycles. The summed E-state index contributed by atoms with van der Waals surface area (Å²) >= 11 is 0. The summed E-state index contributed by atoms with van der Waals surface area (Å²) < 4.78 is 11.7. The number of amides is 1. The highest BCUT2D eigenvalue weighted by Crippen LogP contribution is 2.50. The maximum Gasteiger partial charge on any atom is 0.257 e. The number of nitrogens with zero attached hydrogens (tertiary/aromatic N) is 4. The van der Waals surface area contributed by atoms with Gasteiger partial charge < -0.3 is 19.3 Å². The summed E-state index contributed by atoms with van der Waals surface area (Å²) in [4.78, 5) is 23.5. The molecule has 1 fully saturated rings. The zero-order valence-corrected chi connectivity index (χ0v) is 17.2. The first-order chi connectivity index (χ1) is 14.7. The van der Waals surface area contributed by atoms with Gasteiger partial charge in [0.05, 0.1) is 24.5 Å². The standard InChI is InChI=1S/C23H26N4O3/c1-25-19-4-2-3-16-17-13-26(9-6-18(17)27(21(16)19)14-20(25)28)10-12-30-23-22-15(5-8-24-23)7-11-29-22/h2-5,8,17-18H,6-7,9-14H2,1H3/t17-,18-/m0/s1. The molecule has 1 amide bonds. The van der Waals surface area contributed by atoms with Gasteiger partial charge in [-0.25, -0.2) is 4.98 Å². The third kappa shape index (κ3) is 2.68. The normalized spacial score (nSPS) is 24.4. The van der Waals surface area contributed by atoms with E-state index < -0.39 is 0 Å². The third-order valence-corrected chi connectivity index (χ3v) is 7.05. The Morgan fingerprint density at radius 3 is 3.17 bits per heavy atom. The van der Waals surface area contributed by atoms with Crippen molar-refractivity contribution in [2.45, 2.75) is 24.8 Å². The van der Waals surface area contributed by atoms with Gasteiger partial charge in [-0.05, 0) is 24.1 Å². The number of likely N-dealkylation sites (tertiary alicyclic amines) is 1. The number of anilines is 2. The molecule has 7 heteroatoms. The molecular formula is C23H26N4O3. The van der Waals surface area contributed by atoms with E-state index in [0.717, 1.165) is 43.9 Å². The van der Waals surface area contributed by atoms with Crippen LogP contribution in [0, 0.1) is 0 Å². The van der Waals surface area contributed by atoms with Crippen molar-refractivity contribution in [3.8, 4) is 11.6 Å². The number of ether oxygens (including phenoxy) is 2. The fraction of sp³-hybridized carbons (Fsp3) is 0.478. The number of para-hydroxylation sites is 1. The van der Waals surface area contributed by atoms with E-state index in [1.54, 1.807) is 6.20 Å². The van der Waals surface area contributed by atoms with Crippen molar-refractivity contribution in [1.29, 1.82) is 0 Å². The molecular weight excluding hydrogens is 380 g/mol. The van der Waals surface area contributed by atoms with Crippen LogP contribution < -0.4 is 19.3 Å². The first-order valence-corrected chi connectivity index (χ1v) is 10.8. The molecule has 1 aromatic heterocycles. The highest BCUT2D eigenvalue weighted by atomic mass is 16.5. The van der Waals surface area contributed by atoms with Crippen LogP contribution in [0.3, 0.4) is 0 Å². The minimum Gasteiger partial charge on any atom is -0.487 e. The molecule has 2 atom stereocenters. The topological polar surface area (TPSA) is 58.1 Å². The van der Waals surface area contributed by atoms with E-state index in [1.807, 2.05) is 18.0 Å².